The van der Waals surface area contributed by atoms with Gasteiger partial charge in [-0.3, -0.25) is 4.79 Å². The van der Waals surface area contributed by atoms with E-state index in [0.29, 0.717) is 17.8 Å². The standard InChI is InChI=1S/C15H12N2O/c1-16-13-7-9-14(10-8-13)17-15(18)11-12-5-3-2-4-6-12/h2-10H,11H2,(H,17,18). The van der Waals surface area contributed by atoms with Crippen LogP contribution in [0.3, 0.4) is 0 Å². The monoisotopic (exact) mass is 236 g/mol. The Balaban J connectivity index is 1.97. The zero-order chi connectivity index (χ0) is 12.8. The topological polar surface area (TPSA) is 33.5 Å². The Hall–Kier alpha value is -2.60. The van der Waals surface area contributed by atoms with Crippen molar-refractivity contribution >= 4 is 17.3 Å². The van der Waals surface area contributed by atoms with Crippen LogP contribution in [0.1, 0.15) is 5.56 Å². The molecule has 0 aliphatic rings. The molecule has 0 aromatic heterocycles. The minimum atomic E-state index is -0.0586. The van der Waals surface area contributed by atoms with Gasteiger partial charge in [-0.15, -0.1) is 0 Å². The minimum Gasteiger partial charge on any atom is -0.326 e. The Bertz CT molecular complexity index is 568. The highest BCUT2D eigenvalue weighted by Gasteiger charge is 2.03. The van der Waals surface area contributed by atoms with Gasteiger partial charge in [0.2, 0.25) is 5.91 Å². The lowest BCUT2D eigenvalue weighted by atomic mass is 10.1. The number of anilines is 1. The molecule has 1 amide bonds. The highest BCUT2D eigenvalue weighted by Crippen LogP contribution is 2.16. The summed E-state index contributed by atoms with van der Waals surface area (Å²) in [6.45, 7) is 6.84. The zero-order valence-corrected chi connectivity index (χ0v) is 9.76. The molecular formula is C15H12N2O. The van der Waals surface area contributed by atoms with Crippen LogP contribution in [-0.4, -0.2) is 5.91 Å². The van der Waals surface area contributed by atoms with Crippen LogP contribution >= 0.6 is 0 Å². The lowest BCUT2D eigenvalue weighted by Crippen LogP contribution is -2.14. The summed E-state index contributed by atoms with van der Waals surface area (Å²) in [5.41, 5.74) is 2.26. The van der Waals surface area contributed by atoms with Crippen LogP contribution in [0.5, 0.6) is 0 Å². The van der Waals surface area contributed by atoms with Crippen LogP contribution in [0.25, 0.3) is 4.85 Å². The molecule has 0 spiro atoms. The number of amides is 1. The molecule has 0 atom stereocenters. The van der Waals surface area contributed by atoms with Crippen molar-refractivity contribution in [2.75, 3.05) is 5.32 Å². The summed E-state index contributed by atoms with van der Waals surface area (Å²) in [4.78, 5) is 15.1. The van der Waals surface area contributed by atoms with Crippen molar-refractivity contribution in [2.45, 2.75) is 6.42 Å². The number of nitrogens with one attached hydrogen (secondary N) is 1. The van der Waals surface area contributed by atoms with Crippen LogP contribution in [0.4, 0.5) is 11.4 Å². The van der Waals surface area contributed by atoms with Gasteiger partial charge in [-0.2, -0.15) is 0 Å². The third kappa shape index (κ3) is 3.19. The van der Waals surface area contributed by atoms with E-state index in [1.54, 1.807) is 24.3 Å². The maximum absolute atomic E-state index is 11.8. The van der Waals surface area contributed by atoms with E-state index in [9.17, 15) is 4.79 Å². The van der Waals surface area contributed by atoms with E-state index >= 15 is 0 Å². The number of hydrogen-bond donors (Lipinski definition) is 1. The Kier molecular flexibility index (Phi) is 3.72. The molecule has 0 aliphatic heterocycles. The summed E-state index contributed by atoms with van der Waals surface area (Å²) < 4.78 is 0. The molecule has 0 bridgehead atoms. The number of benzene rings is 2. The first kappa shape index (κ1) is 11.9. The number of rotatable bonds is 3. The van der Waals surface area contributed by atoms with E-state index in [4.69, 9.17) is 6.57 Å². The maximum atomic E-state index is 11.8. The molecule has 2 rings (SSSR count). The molecule has 88 valence electrons. The summed E-state index contributed by atoms with van der Waals surface area (Å²) in [5, 5.41) is 2.80. The Morgan fingerprint density at radius 3 is 2.33 bits per heavy atom. The molecule has 0 unspecified atom stereocenters. The van der Waals surface area contributed by atoms with Gasteiger partial charge >= 0.3 is 0 Å². The Labute approximate surface area is 106 Å². The largest absolute Gasteiger partial charge is 0.326 e. The first-order chi connectivity index (χ1) is 8.78. The second-order valence-corrected chi connectivity index (χ2v) is 3.87. The summed E-state index contributed by atoms with van der Waals surface area (Å²) >= 11 is 0. The van der Waals surface area contributed by atoms with E-state index in [2.05, 4.69) is 10.2 Å². The second-order valence-electron chi connectivity index (χ2n) is 3.87. The van der Waals surface area contributed by atoms with E-state index in [1.807, 2.05) is 30.3 Å². The van der Waals surface area contributed by atoms with Gasteiger partial charge in [0.25, 0.3) is 0 Å². The van der Waals surface area contributed by atoms with Gasteiger partial charge in [-0.05, 0) is 17.7 Å². The van der Waals surface area contributed by atoms with Gasteiger partial charge in [0, 0.05) is 5.69 Å². The molecule has 0 saturated carbocycles. The normalized spacial score (nSPS) is 9.50. The van der Waals surface area contributed by atoms with E-state index < -0.39 is 0 Å². The van der Waals surface area contributed by atoms with Gasteiger partial charge in [0.15, 0.2) is 5.69 Å². The van der Waals surface area contributed by atoms with Crippen molar-refractivity contribution in [1.82, 2.24) is 0 Å². The summed E-state index contributed by atoms with van der Waals surface area (Å²) in [6.07, 6.45) is 0.353. The molecule has 0 aliphatic carbocycles. The number of carbonyl (C=O) groups excluding carboxylic acids is 1. The minimum absolute atomic E-state index is 0.0586. The summed E-state index contributed by atoms with van der Waals surface area (Å²) in [6, 6.07) is 16.4. The maximum Gasteiger partial charge on any atom is 0.228 e. The van der Waals surface area contributed by atoms with Crippen LogP contribution in [0.2, 0.25) is 0 Å². The van der Waals surface area contributed by atoms with Crippen molar-refractivity contribution in [3.8, 4) is 0 Å². The van der Waals surface area contributed by atoms with Crippen LogP contribution < -0.4 is 5.32 Å². The molecule has 0 radical (unpaired) electrons. The van der Waals surface area contributed by atoms with E-state index in [1.165, 1.54) is 0 Å². The molecule has 0 heterocycles. The third-order valence-corrected chi connectivity index (χ3v) is 2.49. The van der Waals surface area contributed by atoms with Crippen molar-refractivity contribution in [2.24, 2.45) is 0 Å². The van der Waals surface area contributed by atoms with E-state index in [0.717, 1.165) is 5.56 Å². The molecule has 18 heavy (non-hydrogen) atoms. The van der Waals surface area contributed by atoms with Gasteiger partial charge in [0.05, 0.1) is 13.0 Å². The van der Waals surface area contributed by atoms with Gasteiger partial charge < -0.3 is 5.32 Å². The van der Waals surface area contributed by atoms with Crippen molar-refractivity contribution in [3.05, 3.63) is 71.6 Å². The average Bonchev–Trinajstić information content (AvgIpc) is 2.40. The van der Waals surface area contributed by atoms with Gasteiger partial charge in [-0.25, -0.2) is 4.85 Å². The predicted octanol–water partition coefficient (Wildman–Crippen LogP) is 3.42. The van der Waals surface area contributed by atoms with Crippen molar-refractivity contribution in [3.63, 3.8) is 0 Å². The summed E-state index contributed by atoms with van der Waals surface area (Å²) in [7, 11) is 0. The lowest BCUT2D eigenvalue weighted by molar-refractivity contribution is -0.115. The SMILES string of the molecule is [C-]#[N+]c1ccc(NC(=O)Cc2ccccc2)cc1. The van der Waals surface area contributed by atoms with E-state index in [-0.39, 0.29) is 5.91 Å². The Morgan fingerprint density at radius 1 is 1.06 bits per heavy atom. The average molecular weight is 236 g/mol. The molecule has 3 nitrogen and oxygen atoms in total. The molecule has 0 saturated heterocycles. The predicted molar refractivity (Wildman–Crippen MR) is 71.5 cm³/mol. The molecule has 2 aromatic rings. The molecule has 2 aromatic carbocycles. The third-order valence-electron chi connectivity index (χ3n) is 2.49. The van der Waals surface area contributed by atoms with Gasteiger partial charge in [0.1, 0.15) is 0 Å². The fourth-order valence-corrected chi connectivity index (χ4v) is 1.61. The number of nitrogens with zero attached hydrogens (tertiary/aromatic N) is 1. The van der Waals surface area contributed by atoms with Crippen LogP contribution in [0.15, 0.2) is 54.6 Å². The highest BCUT2D eigenvalue weighted by atomic mass is 16.1. The zero-order valence-electron chi connectivity index (χ0n) is 9.76. The lowest BCUT2D eigenvalue weighted by Gasteiger charge is -2.05. The molecular weight excluding hydrogens is 224 g/mol. The number of hydrogen-bond acceptors (Lipinski definition) is 1. The molecule has 0 fully saturated rings. The van der Waals surface area contributed by atoms with Crippen molar-refractivity contribution < 1.29 is 4.79 Å². The second kappa shape index (κ2) is 5.65. The fourth-order valence-electron chi connectivity index (χ4n) is 1.61. The fraction of sp³-hybridized carbons (Fsp3) is 0.0667. The smallest absolute Gasteiger partial charge is 0.228 e. The Morgan fingerprint density at radius 2 is 1.72 bits per heavy atom. The van der Waals surface area contributed by atoms with Gasteiger partial charge in [-0.1, -0.05) is 42.5 Å². The molecule has 1 N–H and O–H groups in total. The van der Waals surface area contributed by atoms with Crippen LogP contribution in [0, 0.1) is 6.57 Å². The first-order valence-corrected chi connectivity index (χ1v) is 5.59. The number of carbonyl (C=O) groups is 1. The summed E-state index contributed by atoms with van der Waals surface area (Å²) in [5.74, 6) is -0.0586. The quantitative estimate of drug-likeness (QED) is 0.814. The highest BCUT2D eigenvalue weighted by molar-refractivity contribution is 5.92. The molecule has 3 heteroatoms. The van der Waals surface area contributed by atoms with Crippen molar-refractivity contribution in [1.29, 1.82) is 0 Å². The first-order valence-electron chi connectivity index (χ1n) is 5.59. The van der Waals surface area contributed by atoms with Crippen LogP contribution in [-0.2, 0) is 11.2 Å².